The third-order valence-corrected chi connectivity index (χ3v) is 4.00. The molecule has 0 aromatic carbocycles. The van der Waals surface area contributed by atoms with Gasteiger partial charge in [-0.05, 0) is 25.2 Å². The largest absolute Gasteiger partial charge is 0.392 e. The zero-order valence-corrected chi connectivity index (χ0v) is 9.63. The van der Waals surface area contributed by atoms with Gasteiger partial charge in [-0.25, -0.2) is 0 Å². The zero-order valence-electron chi connectivity index (χ0n) is 9.63. The van der Waals surface area contributed by atoms with E-state index in [4.69, 9.17) is 0 Å². The lowest BCUT2D eigenvalue weighted by atomic mass is 9.71. The number of aliphatic hydroxyl groups excluding tert-OH is 1. The summed E-state index contributed by atoms with van der Waals surface area (Å²) in [6.45, 7) is 8.12. The first-order valence-electron chi connectivity index (χ1n) is 5.95. The van der Waals surface area contributed by atoms with Crippen molar-refractivity contribution >= 4 is 0 Å². The van der Waals surface area contributed by atoms with Crippen LogP contribution in [-0.4, -0.2) is 11.2 Å². The second-order valence-corrected chi connectivity index (χ2v) is 4.91. The molecule has 0 amide bonds. The molecule has 1 rings (SSSR count). The van der Waals surface area contributed by atoms with Crippen LogP contribution in [0.15, 0.2) is 12.7 Å². The Kier molecular flexibility index (Phi) is 4.18. The van der Waals surface area contributed by atoms with Gasteiger partial charge in [-0.1, -0.05) is 39.2 Å². The van der Waals surface area contributed by atoms with Crippen molar-refractivity contribution in [3.63, 3.8) is 0 Å². The molecular weight excluding hydrogens is 172 g/mol. The Morgan fingerprint density at radius 2 is 2.00 bits per heavy atom. The third-order valence-electron chi connectivity index (χ3n) is 4.00. The topological polar surface area (TPSA) is 20.2 Å². The number of hydrogen-bond donors (Lipinski definition) is 1. The zero-order chi connectivity index (χ0) is 10.6. The predicted octanol–water partition coefficient (Wildman–Crippen LogP) is 3.53. The molecule has 0 aliphatic heterocycles. The smallest absolute Gasteiger partial charge is 0.0656 e. The monoisotopic (exact) mass is 196 g/mol. The summed E-state index contributed by atoms with van der Waals surface area (Å²) in [6, 6.07) is 0. The summed E-state index contributed by atoms with van der Waals surface area (Å²) in [5, 5.41) is 10.3. The van der Waals surface area contributed by atoms with E-state index in [1.54, 1.807) is 0 Å². The molecular formula is C13H24O. The fraction of sp³-hybridized carbons (Fsp3) is 0.846. The van der Waals surface area contributed by atoms with E-state index in [1.807, 2.05) is 6.08 Å². The summed E-state index contributed by atoms with van der Waals surface area (Å²) in [6.07, 6.45) is 9.05. The Morgan fingerprint density at radius 1 is 1.43 bits per heavy atom. The average Bonchev–Trinajstić information content (AvgIpc) is 2.28. The van der Waals surface area contributed by atoms with Crippen molar-refractivity contribution < 1.29 is 5.11 Å². The van der Waals surface area contributed by atoms with Crippen LogP contribution in [0.25, 0.3) is 0 Å². The predicted molar refractivity (Wildman–Crippen MR) is 61.2 cm³/mol. The minimum absolute atomic E-state index is 0.0813. The Bertz CT molecular complexity index is 182. The maximum atomic E-state index is 10.3. The first-order valence-corrected chi connectivity index (χ1v) is 5.95. The van der Waals surface area contributed by atoms with Crippen LogP contribution in [0.4, 0.5) is 0 Å². The average molecular weight is 196 g/mol. The van der Waals surface area contributed by atoms with Crippen LogP contribution in [0.5, 0.6) is 0 Å². The summed E-state index contributed by atoms with van der Waals surface area (Å²) >= 11 is 0. The molecule has 1 aliphatic carbocycles. The minimum Gasteiger partial charge on any atom is -0.392 e. The molecule has 0 spiro atoms. The van der Waals surface area contributed by atoms with E-state index in [2.05, 4.69) is 20.4 Å². The van der Waals surface area contributed by atoms with Crippen LogP contribution in [0.1, 0.15) is 52.4 Å². The van der Waals surface area contributed by atoms with Crippen LogP contribution in [0.2, 0.25) is 0 Å². The van der Waals surface area contributed by atoms with Gasteiger partial charge >= 0.3 is 0 Å². The van der Waals surface area contributed by atoms with E-state index >= 15 is 0 Å². The lowest BCUT2D eigenvalue weighted by Gasteiger charge is -2.37. The molecule has 1 fully saturated rings. The lowest BCUT2D eigenvalue weighted by Crippen LogP contribution is -2.37. The molecule has 82 valence electrons. The molecule has 1 N–H and O–H groups in total. The van der Waals surface area contributed by atoms with Gasteiger partial charge in [-0.3, -0.25) is 0 Å². The fourth-order valence-electron chi connectivity index (χ4n) is 2.46. The fourth-order valence-corrected chi connectivity index (χ4v) is 2.46. The van der Waals surface area contributed by atoms with Gasteiger partial charge in [-0.2, -0.15) is 0 Å². The quantitative estimate of drug-likeness (QED) is 0.682. The van der Waals surface area contributed by atoms with Crippen molar-refractivity contribution in [2.24, 2.45) is 11.3 Å². The Balaban J connectivity index is 2.60. The Hall–Kier alpha value is -0.300. The summed E-state index contributed by atoms with van der Waals surface area (Å²) in [7, 11) is 0. The molecule has 0 bridgehead atoms. The summed E-state index contributed by atoms with van der Waals surface area (Å²) < 4.78 is 0. The maximum absolute atomic E-state index is 10.3. The normalized spacial score (nSPS) is 25.4. The van der Waals surface area contributed by atoms with E-state index in [-0.39, 0.29) is 11.5 Å². The first-order chi connectivity index (χ1) is 6.64. The van der Waals surface area contributed by atoms with Gasteiger partial charge in [0.1, 0.15) is 0 Å². The molecule has 0 heterocycles. The minimum atomic E-state index is -0.190. The van der Waals surface area contributed by atoms with Crippen LogP contribution < -0.4 is 0 Å². The van der Waals surface area contributed by atoms with Crippen LogP contribution in [0.3, 0.4) is 0 Å². The van der Waals surface area contributed by atoms with Crippen molar-refractivity contribution in [1.82, 2.24) is 0 Å². The van der Waals surface area contributed by atoms with Gasteiger partial charge in [-0.15, -0.1) is 6.58 Å². The standard InChI is InChI=1S/C13H24O/c1-4-13(3,5-2)12(14)11-9-7-6-8-10-11/h4,11-12,14H,1,5-10H2,2-3H3/t12-,13-/m0/s1. The highest BCUT2D eigenvalue weighted by atomic mass is 16.3. The molecule has 2 atom stereocenters. The molecule has 0 unspecified atom stereocenters. The summed E-state index contributed by atoms with van der Waals surface area (Å²) in [5.41, 5.74) is -0.0813. The van der Waals surface area contributed by atoms with Crippen molar-refractivity contribution in [3.8, 4) is 0 Å². The van der Waals surface area contributed by atoms with Crippen molar-refractivity contribution in [2.45, 2.75) is 58.5 Å². The van der Waals surface area contributed by atoms with Crippen LogP contribution in [0, 0.1) is 11.3 Å². The molecule has 0 saturated heterocycles. The highest BCUT2D eigenvalue weighted by Crippen LogP contribution is 2.37. The Morgan fingerprint density at radius 3 is 2.43 bits per heavy atom. The van der Waals surface area contributed by atoms with Gasteiger partial charge in [0.15, 0.2) is 0 Å². The Labute approximate surface area is 88.2 Å². The third kappa shape index (κ3) is 2.38. The lowest BCUT2D eigenvalue weighted by molar-refractivity contribution is 0.00208. The van der Waals surface area contributed by atoms with Crippen molar-refractivity contribution in [2.75, 3.05) is 0 Å². The van der Waals surface area contributed by atoms with Gasteiger partial charge in [0.2, 0.25) is 0 Å². The molecule has 1 heteroatoms. The molecule has 0 aromatic heterocycles. The van der Waals surface area contributed by atoms with E-state index in [0.717, 1.165) is 6.42 Å². The van der Waals surface area contributed by atoms with Gasteiger partial charge in [0.25, 0.3) is 0 Å². The SMILES string of the molecule is C=C[C@@](C)(CC)[C@@H](O)C1CCCCC1. The summed E-state index contributed by atoms with van der Waals surface area (Å²) in [5.74, 6) is 0.506. The van der Waals surface area contributed by atoms with Crippen molar-refractivity contribution in [3.05, 3.63) is 12.7 Å². The highest BCUT2D eigenvalue weighted by molar-refractivity contribution is 4.98. The van der Waals surface area contributed by atoms with Crippen molar-refractivity contribution in [1.29, 1.82) is 0 Å². The molecule has 14 heavy (non-hydrogen) atoms. The van der Waals surface area contributed by atoms with Gasteiger partial charge < -0.3 is 5.11 Å². The molecule has 0 radical (unpaired) electrons. The van der Waals surface area contributed by atoms with E-state index in [0.29, 0.717) is 5.92 Å². The second-order valence-electron chi connectivity index (χ2n) is 4.91. The molecule has 1 nitrogen and oxygen atoms in total. The summed E-state index contributed by atoms with van der Waals surface area (Å²) in [4.78, 5) is 0. The molecule has 1 saturated carbocycles. The van der Waals surface area contributed by atoms with Crippen LogP contribution >= 0.6 is 0 Å². The van der Waals surface area contributed by atoms with Gasteiger partial charge in [0, 0.05) is 5.41 Å². The molecule has 0 aromatic rings. The van der Waals surface area contributed by atoms with E-state index < -0.39 is 0 Å². The number of rotatable bonds is 4. The highest BCUT2D eigenvalue weighted by Gasteiger charge is 2.34. The van der Waals surface area contributed by atoms with Crippen LogP contribution in [-0.2, 0) is 0 Å². The first kappa shape index (κ1) is 11.8. The van der Waals surface area contributed by atoms with E-state index in [1.165, 1.54) is 32.1 Å². The second kappa shape index (κ2) is 4.97. The number of aliphatic hydroxyl groups is 1. The van der Waals surface area contributed by atoms with E-state index in [9.17, 15) is 5.11 Å². The molecule has 1 aliphatic rings. The number of hydrogen-bond acceptors (Lipinski definition) is 1. The van der Waals surface area contributed by atoms with Gasteiger partial charge in [0.05, 0.1) is 6.10 Å². The maximum Gasteiger partial charge on any atom is 0.0656 e.